The lowest BCUT2D eigenvalue weighted by Gasteiger charge is -2.19. The van der Waals surface area contributed by atoms with Crippen LogP contribution in [0.25, 0.3) is 0 Å². The van der Waals surface area contributed by atoms with Gasteiger partial charge in [-0.25, -0.2) is 4.57 Å². The Morgan fingerprint density at radius 2 is 0.982 bits per heavy atom. The number of nitrogens with two attached hydrogens (primary N) is 1. The predicted molar refractivity (Wildman–Crippen MR) is 233 cm³/mol. The molecule has 0 bridgehead atoms. The molecule has 326 valence electrons. The van der Waals surface area contributed by atoms with Crippen molar-refractivity contribution < 1.29 is 37.6 Å². The van der Waals surface area contributed by atoms with Gasteiger partial charge in [0, 0.05) is 19.4 Å². The molecule has 2 unspecified atom stereocenters. The zero-order valence-electron chi connectivity index (χ0n) is 35.9. The number of hydrogen-bond donors (Lipinski definition) is 2. The summed E-state index contributed by atoms with van der Waals surface area (Å²) in [6.07, 6.45) is 48.8. The molecule has 0 saturated carbocycles. The van der Waals surface area contributed by atoms with Gasteiger partial charge in [-0.15, -0.1) is 0 Å². The Kier molecular flexibility index (Phi) is 41.0. The molecule has 9 nitrogen and oxygen atoms in total. The molecule has 0 aliphatic rings. The average Bonchev–Trinajstić information content (AvgIpc) is 3.18. The molecule has 0 fully saturated rings. The first-order valence-corrected chi connectivity index (χ1v) is 24.1. The van der Waals surface area contributed by atoms with Gasteiger partial charge in [-0.05, 0) is 51.4 Å². The maximum atomic E-state index is 12.6. The quantitative estimate of drug-likeness (QED) is 0.0267. The highest BCUT2D eigenvalue weighted by atomic mass is 31.2. The molecular weight excluding hydrogens is 725 g/mol. The molecule has 0 rings (SSSR count). The van der Waals surface area contributed by atoms with Crippen molar-refractivity contribution in [2.45, 2.75) is 206 Å². The van der Waals surface area contributed by atoms with Gasteiger partial charge < -0.3 is 20.1 Å². The van der Waals surface area contributed by atoms with Crippen LogP contribution in [-0.4, -0.2) is 49.3 Å². The summed E-state index contributed by atoms with van der Waals surface area (Å²) in [7, 11) is -4.37. The van der Waals surface area contributed by atoms with Crippen molar-refractivity contribution in [3.63, 3.8) is 0 Å². The maximum Gasteiger partial charge on any atom is 0.472 e. The summed E-state index contributed by atoms with van der Waals surface area (Å²) in [5, 5.41) is 0. The minimum atomic E-state index is -4.37. The van der Waals surface area contributed by atoms with Crippen LogP contribution in [0.5, 0.6) is 0 Å². The minimum Gasteiger partial charge on any atom is -0.462 e. The number of allylic oxidation sites excluding steroid dienone is 8. The fourth-order valence-electron chi connectivity index (χ4n) is 6.16. The van der Waals surface area contributed by atoms with Crippen molar-refractivity contribution in [3.05, 3.63) is 48.6 Å². The summed E-state index contributed by atoms with van der Waals surface area (Å²) in [6, 6.07) is 0. The zero-order chi connectivity index (χ0) is 41.1. The van der Waals surface area contributed by atoms with E-state index in [0.29, 0.717) is 6.42 Å². The monoisotopic (exact) mass is 810 g/mol. The normalized spacial score (nSPS) is 13.7. The van der Waals surface area contributed by atoms with Crippen LogP contribution in [-0.2, 0) is 32.7 Å². The van der Waals surface area contributed by atoms with Gasteiger partial charge >= 0.3 is 19.8 Å². The second-order valence-corrected chi connectivity index (χ2v) is 16.3. The topological polar surface area (TPSA) is 134 Å². The van der Waals surface area contributed by atoms with Crippen molar-refractivity contribution in [1.29, 1.82) is 0 Å². The molecule has 0 aromatic carbocycles. The number of phosphoric acid groups is 1. The lowest BCUT2D eigenvalue weighted by atomic mass is 10.0. The number of phosphoric ester groups is 1. The maximum absolute atomic E-state index is 12.6. The third-order valence-electron chi connectivity index (χ3n) is 9.48. The number of carbonyl (C=O) groups is 2. The first kappa shape index (κ1) is 54.0. The van der Waals surface area contributed by atoms with Gasteiger partial charge in [0.05, 0.1) is 13.2 Å². The number of ether oxygens (including phenoxy) is 2. The van der Waals surface area contributed by atoms with E-state index in [1.165, 1.54) is 103 Å². The van der Waals surface area contributed by atoms with Gasteiger partial charge in [0.15, 0.2) is 6.10 Å². The lowest BCUT2D eigenvalue weighted by Crippen LogP contribution is -2.29. The first-order chi connectivity index (χ1) is 27.3. The van der Waals surface area contributed by atoms with Crippen molar-refractivity contribution >= 4 is 19.8 Å². The fourth-order valence-corrected chi connectivity index (χ4v) is 6.92. The lowest BCUT2D eigenvalue weighted by molar-refractivity contribution is -0.161. The second kappa shape index (κ2) is 42.6. The summed E-state index contributed by atoms with van der Waals surface area (Å²) >= 11 is 0. The van der Waals surface area contributed by atoms with E-state index in [0.717, 1.165) is 64.2 Å². The summed E-state index contributed by atoms with van der Waals surface area (Å²) < 4.78 is 32.7. The van der Waals surface area contributed by atoms with Gasteiger partial charge in [-0.3, -0.25) is 18.6 Å². The number of rotatable bonds is 42. The molecule has 0 radical (unpaired) electrons. The van der Waals surface area contributed by atoms with E-state index in [2.05, 4.69) is 62.5 Å². The van der Waals surface area contributed by atoms with Crippen molar-refractivity contribution in [1.82, 2.24) is 0 Å². The van der Waals surface area contributed by atoms with E-state index in [9.17, 15) is 19.0 Å². The van der Waals surface area contributed by atoms with E-state index in [1.54, 1.807) is 0 Å². The third-order valence-corrected chi connectivity index (χ3v) is 10.5. The first-order valence-electron chi connectivity index (χ1n) is 22.6. The van der Waals surface area contributed by atoms with Crippen LogP contribution < -0.4 is 5.73 Å². The van der Waals surface area contributed by atoms with Crippen LogP contribution in [0.4, 0.5) is 0 Å². The summed E-state index contributed by atoms with van der Waals surface area (Å²) in [5.74, 6) is -0.831. The average molecular weight is 810 g/mol. The second-order valence-electron chi connectivity index (χ2n) is 14.9. The highest BCUT2D eigenvalue weighted by Crippen LogP contribution is 2.43. The molecule has 10 heteroatoms. The van der Waals surface area contributed by atoms with Crippen molar-refractivity contribution in [2.75, 3.05) is 26.4 Å². The van der Waals surface area contributed by atoms with Gasteiger partial charge in [0.1, 0.15) is 6.61 Å². The highest BCUT2D eigenvalue weighted by molar-refractivity contribution is 7.47. The number of unbranched alkanes of at least 4 members (excludes halogenated alkanes) is 21. The highest BCUT2D eigenvalue weighted by Gasteiger charge is 2.26. The zero-order valence-corrected chi connectivity index (χ0v) is 36.8. The van der Waals surface area contributed by atoms with E-state index >= 15 is 0 Å². The molecule has 0 aliphatic carbocycles. The molecule has 2 atom stereocenters. The Bertz CT molecular complexity index is 1060. The van der Waals surface area contributed by atoms with Crippen LogP contribution >= 0.6 is 7.82 Å². The van der Waals surface area contributed by atoms with E-state index < -0.39 is 26.5 Å². The molecule has 0 aromatic heterocycles. The SMILES string of the molecule is CC/C=C\C/C=C\C/C=C\C/C=C\CCCCCCCCCCCCCCCCC(=O)OC(COC(=O)CCCCCCCCCC)COP(=O)(O)OCCN. The van der Waals surface area contributed by atoms with Crippen LogP contribution in [0.3, 0.4) is 0 Å². The number of carbonyl (C=O) groups excluding carboxylic acids is 2. The van der Waals surface area contributed by atoms with E-state index in [1.807, 2.05) is 0 Å². The van der Waals surface area contributed by atoms with E-state index in [4.69, 9.17) is 24.3 Å². The molecule has 3 N–H and O–H groups in total. The van der Waals surface area contributed by atoms with Gasteiger partial charge in [0.25, 0.3) is 0 Å². The third kappa shape index (κ3) is 41.6. The predicted octanol–water partition coefficient (Wildman–Crippen LogP) is 13.1. The number of esters is 2. The van der Waals surface area contributed by atoms with Crippen LogP contribution in [0.2, 0.25) is 0 Å². The Balaban J connectivity index is 3.93. The van der Waals surface area contributed by atoms with Crippen LogP contribution in [0.15, 0.2) is 48.6 Å². The number of hydrogen-bond acceptors (Lipinski definition) is 8. The Labute approximate surface area is 343 Å². The molecule has 0 saturated heterocycles. The molecule has 0 aromatic rings. The van der Waals surface area contributed by atoms with Crippen LogP contribution in [0, 0.1) is 0 Å². The molecular formula is C46H84NO8P. The van der Waals surface area contributed by atoms with Crippen molar-refractivity contribution in [3.8, 4) is 0 Å². The van der Waals surface area contributed by atoms with Crippen molar-refractivity contribution in [2.24, 2.45) is 5.73 Å². The standard InChI is InChI=1S/C46H84NO8P/c1-3-5-7-9-11-13-14-15-16-17-18-19-20-21-22-23-24-25-26-27-28-29-30-31-33-35-37-39-46(49)55-44(43-54-56(50,51)53-41-40-47)42-52-45(48)38-36-34-32-12-10-8-6-4-2/h5,7,11,13,15-16,18-19,44H,3-4,6,8-10,12,14,17,20-43,47H2,1-2H3,(H,50,51)/b7-5-,13-11-,16-15-,19-18-. The fraction of sp³-hybridized carbons (Fsp3) is 0.783. The summed E-state index contributed by atoms with van der Waals surface area (Å²) in [6.45, 7) is 3.59. The molecule has 0 amide bonds. The summed E-state index contributed by atoms with van der Waals surface area (Å²) in [5.41, 5.74) is 5.34. The van der Waals surface area contributed by atoms with Crippen LogP contribution in [0.1, 0.15) is 200 Å². The largest absolute Gasteiger partial charge is 0.472 e. The minimum absolute atomic E-state index is 0.0535. The Hall–Kier alpha value is -2.03. The van der Waals surface area contributed by atoms with Gasteiger partial charge in [-0.2, -0.15) is 0 Å². The Morgan fingerprint density at radius 1 is 0.554 bits per heavy atom. The van der Waals surface area contributed by atoms with Gasteiger partial charge in [-0.1, -0.05) is 184 Å². The smallest absolute Gasteiger partial charge is 0.462 e. The van der Waals surface area contributed by atoms with Gasteiger partial charge in [0.2, 0.25) is 0 Å². The molecule has 56 heavy (non-hydrogen) atoms. The molecule has 0 spiro atoms. The molecule has 0 heterocycles. The summed E-state index contributed by atoms with van der Waals surface area (Å²) in [4.78, 5) is 34.7. The molecule has 0 aliphatic heterocycles. The Morgan fingerprint density at radius 3 is 1.46 bits per heavy atom. The van der Waals surface area contributed by atoms with E-state index in [-0.39, 0.29) is 38.6 Å².